The van der Waals surface area contributed by atoms with E-state index in [0.29, 0.717) is 16.1 Å². The second-order valence-electron chi connectivity index (χ2n) is 6.97. The first-order valence-electron chi connectivity index (χ1n) is 9.49. The van der Waals surface area contributed by atoms with Crippen molar-refractivity contribution in [2.45, 2.75) is 13.8 Å². The van der Waals surface area contributed by atoms with Crippen molar-refractivity contribution in [3.05, 3.63) is 93.8 Å². The predicted octanol–water partition coefficient (Wildman–Crippen LogP) is 5.26. The van der Waals surface area contributed by atoms with E-state index >= 15 is 0 Å². The van der Waals surface area contributed by atoms with E-state index in [4.69, 9.17) is 4.74 Å². The van der Waals surface area contributed by atoms with Crippen LogP contribution in [0.25, 0.3) is 16.9 Å². The standard InChI is InChI=1S/C24H20N2O3S/c1-16-10-11-19(17(2)13-16)23-20(14-26(25-23)18-7-4-3-5-8-18)24(28)29-15-21(27)22-9-6-12-30-22/h3-14H,15H2,1-2H3. The molecule has 30 heavy (non-hydrogen) atoms. The zero-order valence-corrected chi connectivity index (χ0v) is 17.5. The number of carbonyl (C=O) groups is 2. The summed E-state index contributed by atoms with van der Waals surface area (Å²) in [5, 5.41) is 6.49. The number of benzene rings is 2. The zero-order chi connectivity index (χ0) is 21.1. The zero-order valence-electron chi connectivity index (χ0n) is 16.7. The summed E-state index contributed by atoms with van der Waals surface area (Å²) in [7, 11) is 0. The van der Waals surface area contributed by atoms with Gasteiger partial charge in [-0.1, -0.05) is 48.0 Å². The molecule has 2 aromatic carbocycles. The van der Waals surface area contributed by atoms with Gasteiger partial charge in [-0.05, 0) is 43.0 Å². The van der Waals surface area contributed by atoms with Crippen LogP contribution >= 0.6 is 11.3 Å². The molecule has 0 saturated carbocycles. The second kappa shape index (κ2) is 8.47. The Labute approximate surface area is 178 Å². The molecule has 0 aliphatic rings. The van der Waals surface area contributed by atoms with Crippen LogP contribution in [0.1, 0.15) is 31.2 Å². The van der Waals surface area contributed by atoms with Gasteiger partial charge in [0.25, 0.3) is 0 Å². The molecule has 0 N–H and O–H groups in total. The third kappa shape index (κ3) is 4.09. The number of Topliss-reactive ketones (excluding diaryl/α,β-unsaturated/α-hetero) is 1. The molecule has 150 valence electrons. The molecule has 0 atom stereocenters. The number of esters is 1. The van der Waals surface area contributed by atoms with Crippen molar-refractivity contribution in [3.8, 4) is 16.9 Å². The van der Waals surface area contributed by atoms with E-state index in [9.17, 15) is 9.59 Å². The van der Waals surface area contributed by atoms with E-state index in [-0.39, 0.29) is 12.4 Å². The molecule has 4 aromatic rings. The number of hydrogen-bond donors (Lipinski definition) is 0. The summed E-state index contributed by atoms with van der Waals surface area (Å²) in [5.74, 6) is -0.793. The quantitative estimate of drug-likeness (QED) is 0.318. The molecule has 0 amide bonds. The summed E-state index contributed by atoms with van der Waals surface area (Å²) in [6.07, 6.45) is 1.65. The van der Waals surface area contributed by atoms with E-state index in [1.165, 1.54) is 11.3 Å². The van der Waals surface area contributed by atoms with Crippen LogP contribution in [-0.2, 0) is 4.74 Å². The van der Waals surface area contributed by atoms with Crippen LogP contribution in [0.2, 0.25) is 0 Å². The summed E-state index contributed by atoms with van der Waals surface area (Å²) in [6, 6.07) is 19.1. The Balaban J connectivity index is 1.69. The van der Waals surface area contributed by atoms with Gasteiger partial charge in [-0.15, -0.1) is 11.3 Å². The lowest BCUT2D eigenvalue weighted by atomic mass is 10.0. The number of ketones is 1. The van der Waals surface area contributed by atoms with Crippen LogP contribution in [0.5, 0.6) is 0 Å². The van der Waals surface area contributed by atoms with Crippen molar-refractivity contribution in [2.24, 2.45) is 0 Å². The fourth-order valence-electron chi connectivity index (χ4n) is 3.23. The Kier molecular flexibility index (Phi) is 5.59. The minimum absolute atomic E-state index is 0.220. The van der Waals surface area contributed by atoms with Crippen molar-refractivity contribution < 1.29 is 14.3 Å². The number of ether oxygens (including phenoxy) is 1. The van der Waals surface area contributed by atoms with Gasteiger partial charge in [-0.3, -0.25) is 4.79 Å². The summed E-state index contributed by atoms with van der Waals surface area (Å²) in [6.45, 7) is 3.70. The first-order chi connectivity index (χ1) is 14.5. The molecule has 2 aromatic heterocycles. The number of aromatic nitrogens is 2. The van der Waals surface area contributed by atoms with Crippen molar-refractivity contribution in [1.29, 1.82) is 0 Å². The number of nitrogens with zero attached hydrogens (tertiary/aromatic N) is 2. The van der Waals surface area contributed by atoms with E-state index in [1.54, 1.807) is 23.0 Å². The Morgan fingerprint density at radius 1 is 1.03 bits per heavy atom. The molecule has 5 nitrogen and oxygen atoms in total. The maximum atomic E-state index is 12.9. The molecule has 0 saturated heterocycles. The molecule has 0 aliphatic carbocycles. The average molecular weight is 417 g/mol. The Morgan fingerprint density at radius 3 is 2.53 bits per heavy atom. The summed E-state index contributed by atoms with van der Waals surface area (Å²) < 4.78 is 7.01. The molecular weight excluding hydrogens is 396 g/mol. The van der Waals surface area contributed by atoms with Crippen molar-refractivity contribution >= 4 is 23.1 Å². The monoisotopic (exact) mass is 416 g/mol. The fraction of sp³-hybridized carbons (Fsp3) is 0.125. The highest BCUT2D eigenvalue weighted by molar-refractivity contribution is 7.12. The van der Waals surface area contributed by atoms with Crippen LogP contribution in [0, 0.1) is 13.8 Å². The molecule has 0 fully saturated rings. The summed E-state index contributed by atoms with van der Waals surface area (Å²) in [5.41, 5.74) is 4.68. The minimum atomic E-state index is -0.572. The topological polar surface area (TPSA) is 61.2 Å². The Hall–Kier alpha value is -3.51. The molecular formula is C24H20N2O3S. The van der Waals surface area contributed by atoms with Gasteiger partial charge >= 0.3 is 5.97 Å². The van der Waals surface area contributed by atoms with Gasteiger partial charge in [0.2, 0.25) is 5.78 Å². The molecule has 0 bridgehead atoms. The van der Waals surface area contributed by atoms with Crippen molar-refractivity contribution in [3.63, 3.8) is 0 Å². The van der Waals surface area contributed by atoms with Gasteiger partial charge in [0.1, 0.15) is 11.3 Å². The van der Waals surface area contributed by atoms with E-state index in [1.807, 2.05) is 67.8 Å². The van der Waals surface area contributed by atoms with Gasteiger partial charge in [-0.2, -0.15) is 5.10 Å². The van der Waals surface area contributed by atoms with Gasteiger partial charge in [-0.25, -0.2) is 9.48 Å². The number of para-hydroxylation sites is 1. The minimum Gasteiger partial charge on any atom is -0.454 e. The molecule has 0 radical (unpaired) electrons. The summed E-state index contributed by atoms with van der Waals surface area (Å²) >= 11 is 1.33. The van der Waals surface area contributed by atoms with E-state index < -0.39 is 5.97 Å². The van der Waals surface area contributed by atoms with E-state index in [2.05, 4.69) is 5.10 Å². The number of aryl methyl sites for hydroxylation is 2. The van der Waals surface area contributed by atoms with Crippen LogP contribution in [-0.4, -0.2) is 28.1 Å². The molecule has 4 rings (SSSR count). The van der Waals surface area contributed by atoms with E-state index in [0.717, 1.165) is 22.4 Å². The maximum absolute atomic E-state index is 12.9. The average Bonchev–Trinajstić information content (AvgIpc) is 3.43. The van der Waals surface area contributed by atoms with Gasteiger partial charge in [0, 0.05) is 11.8 Å². The van der Waals surface area contributed by atoms with Crippen LogP contribution < -0.4 is 0 Å². The predicted molar refractivity (Wildman–Crippen MR) is 117 cm³/mol. The van der Waals surface area contributed by atoms with Crippen molar-refractivity contribution in [2.75, 3.05) is 6.61 Å². The molecule has 0 unspecified atom stereocenters. The van der Waals surface area contributed by atoms with Crippen LogP contribution in [0.3, 0.4) is 0 Å². The lowest BCUT2D eigenvalue weighted by molar-refractivity contribution is 0.0476. The summed E-state index contributed by atoms with van der Waals surface area (Å²) in [4.78, 5) is 25.7. The fourth-order valence-corrected chi connectivity index (χ4v) is 3.88. The lowest BCUT2D eigenvalue weighted by Crippen LogP contribution is -2.13. The number of thiophene rings is 1. The van der Waals surface area contributed by atoms with Crippen molar-refractivity contribution in [1.82, 2.24) is 9.78 Å². The highest BCUT2D eigenvalue weighted by atomic mass is 32.1. The van der Waals surface area contributed by atoms with Crippen LogP contribution in [0.4, 0.5) is 0 Å². The second-order valence-corrected chi connectivity index (χ2v) is 7.91. The Morgan fingerprint density at radius 2 is 1.83 bits per heavy atom. The number of hydrogen-bond acceptors (Lipinski definition) is 5. The smallest absolute Gasteiger partial charge is 0.342 e. The van der Waals surface area contributed by atoms with Gasteiger partial charge < -0.3 is 4.74 Å². The first-order valence-corrected chi connectivity index (χ1v) is 10.4. The SMILES string of the molecule is Cc1ccc(-c2nn(-c3ccccc3)cc2C(=O)OCC(=O)c2cccs2)c(C)c1. The number of rotatable bonds is 6. The maximum Gasteiger partial charge on any atom is 0.342 e. The first kappa shape index (κ1) is 19.8. The molecule has 6 heteroatoms. The molecule has 0 spiro atoms. The number of carbonyl (C=O) groups excluding carboxylic acids is 2. The Bertz CT molecular complexity index is 1190. The van der Waals surface area contributed by atoms with Gasteiger partial charge in [0.05, 0.1) is 10.6 Å². The van der Waals surface area contributed by atoms with Gasteiger partial charge in [0.15, 0.2) is 6.61 Å². The lowest BCUT2D eigenvalue weighted by Gasteiger charge is -2.07. The highest BCUT2D eigenvalue weighted by Crippen LogP contribution is 2.28. The third-order valence-electron chi connectivity index (χ3n) is 4.72. The van der Waals surface area contributed by atoms with Crippen LogP contribution in [0.15, 0.2) is 72.2 Å². The largest absolute Gasteiger partial charge is 0.454 e. The molecule has 0 aliphatic heterocycles. The highest BCUT2D eigenvalue weighted by Gasteiger charge is 2.22. The third-order valence-corrected chi connectivity index (χ3v) is 5.63. The molecule has 2 heterocycles. The normalized spacial score (nSPS) is 10.7.